The SMILES string of the molecule is NC(=O)c1ccc(C#CCNC(=O)c2ccc3ccccc3c2)cc1. The monoisotopic (exact) mass is 328 g/mol. The lowest BCUT2D eigenvalue weighted by atomic mass is 10.1. The van der Waals surface area contributed by atoms with E-state index in [1.165, 1.54) is 0 Å². The molecule has 122 valence electrons. The smallest absolute Gasteiger partial charge is 0.252 e. The quantitative estimate of drug-likeness (QED) is 0.726. The van der Waals surface area contributed by atoms with Gasteiger partial charge in [-0.15, -0.1) is 0 Å². The van der Waals surface area contributed by atoms with Crippen molar-refractivity contribution in [3.8, 4) is 11.8 Å². The number of rotatable bonds is 3. The normalized spacial score (nSPS) is 9.92. The summed E-state index contributed by atoms with van der Waals surface area (Å²) >= 11 is 0. The first-order valence-corrected chi connectivity index (χ1v) is 7.79. The van der Waals surface area contributed by atoms with Gasteiger partial charge in [-0.05, 0) is 47.2 Å². The molecular weight excluding hydrogens is 312 g/mol. The van der Waals surface area contributed by atoms with Crippen LogP contribution in [0.15, 0.2) is 66.7 Å². The van der Waals surface area contributed by atoms with Crippen LogP contribution in [-0.2, 0) is 0 Å². The summed E-state index contributed by atoms with van der Waals surface area (Å²) in [6.07, 6.45) is 0. The van der Waals surface area contributed by atoms with Gasteiger partial charge in [-0.2, -0.15) is 0 Å². The standard InChI is InChI=1S/C21H16N2O2/c22-20(24)17-9-7-15(8-10-17)4-3-13-23-21(25)19-12-11-16-5-1-2-6-18(16)14-19/h1-2,5-12,14H,13H2,(H2,22,24)(H,23,25). The van der Waals surface area contributed by atoms with Crippen molar-refractivity contribution in [1.29, 1.82) is 0 Å². The van der Waals surface area contributed by atoms with Gasteiger partial charge in [-0.25, -0.2) is 0 Å². The fraction of sp³-hybridized carbons (Fsp3) is 0.0476. The van der Waals surface area contributed by atoms with Gasteiger partial charge in [0, 0.05) is 16.7 Å². The molecule has 25 heavy (non-hydrogen) atoms. The predicted molar refractivity (Wildman–Crippen MR) is 98.1 cm³/mol. The number of carbonyl (C=O) groups excluding carboxylic acids is 2. The van der Waals surface area contributed by atoms with Crippen molar-refractivity contribution >= 4 is 22.6 Å². The van der Waals surface area contributed by atoms with Gasteiger partial charge in [-0.1, -0.05) is 42.2 Å². The fourth-order valence-electron chi connectivity index (χ4n) is 2.42. The van der Waals surface area contributed by atoms with Crippen molar-refractivity contribution in [2.24, 2.45) is 5.73 Å². The predicted octanol–water partition coefficient (Wildman–Crippen LogP) is 2.72. The number of hydrogen-bond donors (Lipinski definition) is 2. The second-order valence-corrected chi connectivity index (χ2v) is 5.49. The topological polar surface area (TPSA) is 72.2 Å². The molecule has 0 saturated carbocycles. The van der Waals surface area contributed by atoms with Crippen LogP contribution in [0.5, 0.6) is 0 Å². The number of hydrogen-bond acceptors (Lipinski definition) is 2. The van der Waals surface area contributed by atoms with E-state index in [4.69, 9.17) is 5.73 Å². The van der Waals surface area contributed by atoms with Crippen LogP contribution in [0.1, 0.15) is 26.3 Å². The second kappa shape index (κ2) is 7.33. The lowest BCUT2D eigenvalue weighted by Gasteiger charge is -2.03. The Hall–Kier alpha value is -3.58. The van der Waals surface area contributed by atoms with Crippen LogP contribution in [0.25, 0.3) is 10.8 Å². The largest absolute Gasteiger partial charge is 0.366 e. The van der Waals surface area contributed by atoms with Crippen molar-refractivity contribution in [2.75, 3.05) is 6.54 Å². The summed E-state index contributed by atoms with van der Waals surface area (Å²) in [6.45, 7) is 0.239. The highest BCUT2D eigenvalue weighted by molar-refractivity contribution is 5.98. The molecule has 0 aliphatic rings. The molecule has 3 N–H and O–H groups in total. The van der Waals surface area contributed by atoms with Crippen molar-refractivity contribution in [3.63, 3.8) is 0 Å². The maximum Gasteiger partial charge on any atom is 0.252 e. The third kappa shape index (κ3) is 4.04. The van der Waals surface area contributed by atoms with E-state index >= 15 is 0 Å². The Morgan fingerprint density at radius 1 is 0.880 bits per heavy atom. The van der Waals surface area contributed by atoms with E-state index in [2.05, 4.69) is 17.2 Å². The average molecular weight is 328 g/mol. The maximum atomic E-state index is 12.2. The summed E-state index contributed by atoms with van der Waals surface area (Å²) in [5, 5.41) is 4.90. The minimum Gasteiger partial charge on any atom is -0.366 e. The van der Waals surface area contributed by atoms with Crippen molar-refractivity contribution in [1.82, 2.24) is 5.32 Å². The number of fused-ring (bicyclic) bond motifs is 1. The third-order valence-electron chi connectivity index (χ3n) is 3.75. The molecule has 0 aliphatic carbocycles. The minimum atomic E-state index is -0.470. The van der Waals surface area contributed by atoms with Gasteiger partial charge in [0.15, 0.2) is 0 Å². The van der Waals surface area contributed by atoms with Crippen LogP contribution in [0.2, 0.25) is 0 Å². The lowest BCUT2D eigenvalue weighted by Crippen LogP contribution is -2.23. The zero-order valence-corrected chi connectivity index (χ0v) is 13.5. The molecule has 0 bridgehead atoms. The summed E-state index contributed by atoms with van der Waals surface area (Å²) in [5.74, 6) is 5.19. The first kappa shape index (κ1) is 16.3. The van der Waals surface area contributed by atoms with Gasteiger partial charge in [0.1, 0.15) is 0 Å². The molecule has 3 aromatic rings. The Morgan fingerprint density at radius 2 is 1.56 bits per heavy atom. The Morgan fingerprint density at radius 3 is 2.28 bits per heavy atom. The Labute approximate surface area is 145 Å². The van der Waals surface area contributed by atoms with Gasteiger partial charge in [0.25, 0.3) is 5.91 Å². The van der Waals surface area contributed by atoms with Crippen molar-refractivity contribution in [3.05, 3.63) is 83.4 Å². The van der Waals surface area contributed by atoms with Gasteiger partial charge in [0.05, 0.1) is 6.54 Å². The molecule has 4 nitrogen and oxygen atoms in total. The maximum absolute atomic E-state index is 12.2. The molecule has 3 aromatic carbocycles. The molecule has 0 heterocycles. The first-order chi connectivity index (χ1) is 12.1. The highest BCUT2D eigenvalue weighted by atomic mass is 16.2. The number of benzene rings is 3. The van der Waals surface area contributed by atoms with Crippen LogP contribution in [0.3, 0.4) is 0 Å². The lowest BCUT2D eigenvalue weighted by molar-refractivity contribution is 0.0957. The molecule has 3 rings (SSSR count). The minimum absolute atomic E-state index is 0.163. The van der Waals surface area contributed by atoms with Crippen molar-refractivity contribution in [2.45, 2.75) is 0 Å². The summed E-state index contributed by atoms with van der Waals surface area (Å²) in [6, 6.07) is 20.2. The van der Waals surface area contributed by atoms with E-state index in [0.717, 1.165) is 16.3 Å². The van der Waals surface area contributed by atoms with Crippen LogP contribution >= 0.6 is 0 Å². The number of nitrogens with two attached hydrogens (primary N) is 1. The van der Waals surface area contributed by atoms with Crippen LogP contribution < -0.4 is 11.1 Å². The fourth-order valence-corrected chi connectivity index (χ4v) is 2.42. The third-order valence-corrected chi connectivity index (χ3v) is 3.75. The van der Waals surface area contributed by atoms with E-state index in [9.17, 15) is 9.59 Å². The Bertz CT molecular complexity index is 996. The van der Waals surface area contributed by atoms with E-state index in [-0.39, 0.29) is 12.5 Å². The van der Waals surface area contributed by atoms with E-state index in [1.807, 2.05) is 36.4 Å². The van der Waals surface area contributed by atoms with E-state index in [1.54, 1.807) is 30.3 Å². The Kier molecular flexibility index (Phi) is 4.77. The number of carbonyl (C=O) groups is 2. The summed E-state index contributed by atoms with van der Waals surface area (Å²) in [5.41, 5.74) is 6.98. The molecule has 0 saturated heterocycles. The summed E-state index contributed by atoms with van der Waals surface area (Å²) in [7, 11) is 0. The molecule has 0 radical (unpaired) electrons. The Balaban J connectivity index is 1.61. The number of nitrogens with one attached hydrogen (secondary N) is 1. The first-order valence-electron chi connectivity index (χ1n) is 7.79. The van der Waals surface area contributed by atoms with Gasteiger partial charge in [-0.3, -0.25) is 9.59 Å². The number of amides is 2. The summed E-state index contributed by atoms with van der Waals surface area (Å²) in [4.78, 5) is 23.2. The highest BCUT2D eigenvalue weighted by Gasteiger charge is 2.04. The molecule has 0 aliphatic heterocycles. The molecule has 0 unspecified atom stereocenters. The van der Waals surface area contributed by atoms with Crippen LogP contribution in [0.4, 0.5) is 0 Å². The zero-order chi connectivity index (χ0) is 17.6. The van der Waals surface area contributed by atoms with Crippen molar-refractivity contribution < 1.29 is 9.59 Å². The van der Waals surface area contributed by atoms with Crippen LogP contribution in [0, 0.1) is 11.8 Å². The number of primary amides is 1. The second-order valence-electron chi connectivity index (χ2n) is 5.49. The molecule has 0 aromatic heterocycles. The van der Waals surface area contributed by atoms with Gasteiger partial charge >= 0.3 is 0 Å². The van der Waals surface area contributed by atoms with E-state index < -0.39 is 5.91 Å². The summed E-state index contributed by atoms with van der Waals surface area (Å²) < 4.78 is 0. The molecule has 4 heteroatoms. The zero-order valence-electron chi connectivity index (χ0n) is 13.5. The highest BCUT2D eigenvalue weighted by Crippen LogP contribution is 2.15. The van der Waals surface area contributed by atoms with Gasteiger partial charge in [0.2, 0.25) is 5.91 Å². The van der Waals surface area contributed by atoms with Gasteiger partial charge < -0.3 is 11.1 Å². The van der Waals surface area contributed by atoms with E-state index in [0.29, 0.717) is 11.1 Å². The molecule has 0 spiro atoms. The molecular formula is C21H16N2O2. The molecule has 0 atom stereocenters. The average Bonchev–Trinajstić information content (AvgIpc) is 2.65. The van der Waals surface area contributed by atoms with Crippen LogP contribution in [-0.4, -0.2) is 18.4 Å². The molecule has 2 amide bonds. The molecule has 0 fully saturated rings.